The van der Waals surface area contributed by atoms with Crippen LogP contribution in [0.4, 0.5) is 11.4 Å². The molecular formula is C14H7Cl3N2O7. The number of hydrogen-bond donors (Lipinski definition) is 1. The first kappa shape index (κ1) is 21.3. The molecule has 0 unspecified atom stereocenters. The summed E-state index contributed by atoms with van der Waals surface area (Å²) in [6.45, 7) is 0. The average Bonchev–Trinajstić information content (AvgIpc) is 2.54. The van der Waals surface area contributed by atoms with Crippen molar-refractivity contribution in [2.75, 3.05) is 0 Å². The number of hydrogen-bond acceptors (Lipinski definition) is 6. The zero-order chi connectivity index (χ0) is 20.0. The number of halogens is 3. The van der Waals surface area contributed by atoms with E-state index in [0.717, 1.165) is 30.3 Å². The lowest BCUT2D eigenvalue weighted by Crippen LogP contribution is -1.97. The van der Waals surface area contributed by atoms with Crippen LogP contribution in [0.1, 0.15) is 20.7 Å². The summed E-state index contributed by atoms with van der Waals surface area (Å²) in [7, 11) is 0. The first-order chi connectivity index (χ1) is 12.0. The molecule has 9 nitrogen and oxygen atoms in total. The molecule has 0 amide bonds. The van der Waals surface area contributed by atoms with Crippen LogP contribution in [0, 0.1) is 20.2 Å². The molecule has 0 aromatic heterocycles. The van der Waals surface area contributed by atoms with Gasteiger partial charge >= 0.3 is 5.97 Å². The minimum absolute atomic E-state index is 0.0735. The van der Waals surface area contributed by atoms with Gasteiger partial charge in [0.15, 0.2) is 0 Å². The summed E-state index contributed by atoms with van der Waals surface area (Å²) >= 11 is 16.1. The molecule has 1 N–H and O–H groups in total. The molecule has 0 aliphatic heterocycles. The van der Waals surface area contributed by atoms with Gasteiger partial charge < -0.3 is 5.11 Å². The number of benzene rings is 2. The topological polar surface area (TPSA) is 141 Å². The highest BCUT2D eigenvalue weighted by molar-refractivity contribution is 6.67. The molecule has 0 spiro atoms. The van der Waals surface area contributed by atoms with Crippen molar-refractivity contribution < 1.29 is 24.5 Å². The first-order valence-electron chi connectivity index (χ1n) is 6.35. The Kier molecular flexibility index (Phi) is 7.44. The number of carbonyl (C=O) groups is 2. The fourth-order valence-electron chi connectivity index (χ4n) is 1.57. The van der Waals surface area contributed by atoms with E-state index >= 15 is 0 Å². The van der Waals surface area contributed by atoms with Gasteiger partial charge in [0.25, 0.3) is 16.6 Å². The summed E-state index contributed by atoms with van der Waals surface area (Å²) in [6.07, 6.45) is 0. The van der Waals surface area contributed by atoms with Crippen molar-refractivity contribution in [3.8, 4) is 0 Å². The van der Waals surface area contributed by atoms with Gasteiger partial charge in [-0.15, -0.1) is 0 Å². The van der Waals surface area contributed by atoms with Crippen molar-refractivity contribution in [3.05, 3.63) is 77.8 Å². The van der Waals surface area contributed by atoms with E-state index in [9.17, 15) is 29.8 Å². The molecule has 0 aliphatic carbocycles. The fraction of sp³-hybridized carbons (Fsp3) is 0. The second kappa shape index (κ2) is 9.09. The fourth-order valence-corrected chi connectivity index (χ4v) is 2.18. The van der Waals surface area contributed by atoms with Gasteiger partial charge in [0, 0.05) is 17.7 Å². The minimum Gasteiger partial charge on any atom is -0.478 e. The molecule has 2 aromatic rings. The SMILES string of the molecule is O=C(Cl)c1ccc([N+](=O)[O-])c(Cl)c1.O=C(O)c1ccc([N+](=O)[O-])c(Cl)c1. The van der Waals surface area contributed by atoms with Crippen molar-refractivity contribution in [3.63, 3.8) is 0 Å². The summed E-state index contributed by atoms with van der Waals surface area (Å²) in [5, 5.41) is 28.1. The number of rotatable bonds is 4. The van der Waals surface area contributed by atoms with E-state index in [4.69, 9.17) is 39.9 Å². The van der Waals surface area contributed by atoms with E-state index in [1.54, 1.807) is 0 Å². The first-order valence-corrected chi connectivity index (χ1v) is 7.49. The number of nitrogens with zero attached hydrogens (tertiary/aromatic N) is 2. The lowest BCUT2D eigenvalue weighted by atomic mass is 10.2. The van der Waals surface area contributed by atoms with E-state index in [-0.39, 0.29) is 32.5 Å². The van der Waals surface area contributed by atoms with Crippen molar-refractivity contribution >= 4 is 57.4 Å². The van der Waals surface area contributed by atoms with Crippen molar-refractivity contribution in [2.45, 2.75) is 0 Å². The van der Waals surface area contributed by atoms with Crippen LogP contribution in [0.2, 0.25) is 10.0 Å². The smallest absolute Gasteiger partial charge is 0.335 e. The van der Waals surface area contributed by atoms with E-state index in [0.29, 0.717) is 0 Å². The Morgan fingerprint density at radius 2 is 1.23 bits per heavy atom. The third-order valence-corrected chi connectivity index (χ3v) is 3.59. The second-order valence-electron chi connectivity index (χ2n) is 4.43. The number of carbonyl (C=O) groups excluding carboxylic acids is 1. The molecule has 0 bridgehead atoms. The summed E-state index contributed by atoms with van der Waals surface area (Å²) in [4.78, 5) is 40.3. The van der Waals surface area contributed by atoms with Crippen LogP contribution in [-0.2, 0) is 0 Å². The molecule has 0 radical (unpaired) electrons. The van der Waals surface area contributed by atoms with Gasteiger partial charge in [-0.3, -0.25) is 25.0 Å². The van der Waals surface area contributed by atoms with Crippen LogP contribution in [0.15, 0.2) is 36.4 Å². The Bertz CT molecular complexity index is 829. The third kappa shape index (κ3) is 5.66. The van der Waals surface area contributed by atoms with E-state index in [1.807, 2.05) is 0 Å². The highest BCUT2D eigenvalue weighted by atomic mass is 35.5. The van der Waals surface area contributed by atoms with Crippen LogP contribution in [-0.4, -0.2) is 26.2 Å². The Morgan fingerprint density at radius 1 is 0.846 bits per heavy atom. The molecule has 0 saturated heterocycles. The lowest BCUT2D eigenvalue weighted by molar-refractivity contribution is -0.384. The minimum atomic E-state index is -1.17. The number of nitro benzene ring substituents is 2. The van der Waals surface area contributed by atoms with Crippen LogP contribution < -0.4 is 0 Å². The Hall–Kier alpha value is -2.75. The van der Waals surface area contributed by atoms with E-state index < -0.39 is 21.1 Å². The zero-order valence-electron chi connectivity index (χ0n) is 12.4. The molecule has 0 atom stereocenters. The van der Waals surface area contributed by atoms with E-state index in [2.05, 4.69) is 0 Å². The molecule has 0 fully saturated rings. The van der Waals surface area contributed by atoms with Crippen LogP contribution in [0.25, 0.3) is 0 Å². The monoisotopic (exact) mass is 420 g/mol. The summed E-state index contributed by atoms with van der Waals surface area (Å²) in [5.74, 6) is -1.17. The van der Waals surface area contributed by atoms with Gasteiger partial charge in [-0.2, -0.15) is 0 Å². The normalized spacial score (nSPS) is 9.65. The third-order valence-electron chi connectivity index (χ3n) is 2.76. The molecule has 136 valence electrons. The summed E-state index contributed by atoms with van der Waals surface area (Å²) < 4.78 is 0. The molecule has 0 heterocycles. The van der Waals surface area contributed by atoms with Crippen LogP contribution >= 0.6 is 34.8 Å². The molecular weight excluding hydrogens is 415 g/mol. The van der Waals surface area contributed by atoms with Gasteiger partial charge in [0.2, 0.25) is 0 Å². The molecule has 26 heavy (non-hydrogen) atoms. The largest absolute Gasteiger partial charge is 0.478 e. The predicted molar refractivity (Wildman–Crippen MR) is 93.4 cm³/mol. The molecule has 0 saturated carbocycles. The van der Waals surface area contributed by atoms with Gasteiger partial charge in [-0.25, -0.2) is 4.79 Å². The van der Waals surface area contributed by atoms with Gasteiger partial charge in [0.1, 0.15) is 10.0 Å². The molecule has 0 aliphatic rings. The maximum atomic E-state index is 10.6. The highest BCUT2D eigenvalue weighted by Crippen LogP contribution is 2.26. The quantitative estimate of drug-likeness (QED) is 0.433. The number of carboxylic acid groups (broad SMARTS) is 1. The maximum Gasteiger partial charge on any atom is 0.335 e. The number of aromatic carboxylic acids is 1. The van der Waals surface area contributed by atoms with Crippen LogP contribution in [0.3, 0.4) is 0 Å². The molecule has 12 heteroatoms. The zero-order valence-corrected chi connectivity index (χ0v) is 14.7. The van der Waals surface area contributed by atoms with Crippen molar-refractivity contribution in [1.82, 2.24) is 0 Å². The lowest BCUT2D eigenvalue weighted by Gasteiger charge is -1.96. The molecule has 2 rings (SSSR count). The summed E-state index contributed by atoms with van der Waals surface area (Å²) in [5.41, 5.74) is -0.483. The van der Waals surface area contributed by atoms with Gasteiger partial charge in [-0.1, -0.05) is 23.2 Å². The number of nitro groups is 2. The van der Waals surface area contributed by atoms with Crippen molar-refractivity contribution in [1.29, 1.82) is 0 Å². The number of carboxylic acids is 1. The van der Waals surface area contributed by atoms with Crippen LogP contribution in [0.5, 0.6) is 0 Å². The second-order valence-corrected chi connectivity index (χ2v) is 5.58. The average molecular weight is 422 g/mol. The van der Waals surface area contributed by atoms with Crippen molar-refractivity contribution in [2.24, 2.45) is 0 Å². The standard InChI is InChI=1S/C7H3Cl2NO3.C7H4ClNO4/c8-5-3-4(7(9)11)1-2-6(5)10(12)13;8-5-3-4(7(10)11)1-2-6(5)9(12)13/h1-3H;1-3H,(H,10,11). The predicted octanol–water partition coefficient (Wildman–Crippen LogP) is 4.57. The van der Waals surface area contributed by atoms with E-state index in [1.165, 1.54) is 6.07 Å². The highest BCUT2D eigenvalue weighted by Gasteiger charge is 2.15. The van der Waals surface area contributed by atoms with Gasteiger partial charge in [0.05, 0.1) is 15.4 Å². The summed E-state index contributed by atoms with van der Waals surface area (Å²) in [6, 6.07) is 6.78. The Morgan fingerprint density at radius 3 is 1.54 bits per heavy atom. The maximum absolute atomic E-state index is 10.6. The Labute approximate surface area is 160 Å². The van der Waals surface area contributed by atoms with Gasteiger partial charge in [-0.05, 0) is 35.9 Å². The Balaban J connectivity index is 0.000000260. The molecule has 2 aromatic carbocycles.